The van der Waals surface area contributed by atoms with E-state index < -0.39 is 0 Å². The number of nitrogens with zero attached hydrogens (tertiary/aromatic N) is 2. The highest BCUT2D eigenvalue weighted by Crippen LogP contribution is 2.32. The highest BCUT2D eigenvalue weighted by atomic mass is 16.7. The molecular weight excluding hydrogens is 328 g/mol. The third kappa shape index (κ3) is 3.95. The highest BCUT2D eigenvalue weighted by molar-refractivity contribution is 5.83. The van der Waals surface area contributed by atoms with Gasteiger partial charge in [0.15, 0.2) is 6.29 Å². The van der Waals surface area contributed by atoms with Gasteiger partial charge < -0.3 is 14.4 Å². The molecule has 0 bridgehead atoms. The van der Waals surface area contributed by atoms with Crippen LogP contribution in [0.4, 0.5) is 0 Å². The predicted octanol–water partition coefficient (Wildman–Crippen LogP) is 2.83. The number of rotatable bonds is 4. The van der Waals surface area contributed by atoms with E-state index in [1.54, 1.807) is 0 Å². The third-order valence-corrected chi connectivity index (χ3v) is 5.99. The van der Waals surface area contributed by atoms with Gasteiger partial charge in [0.25, 0.3) is 0 Å². The van der Waals surface area contributed by atoms with Crippen molar-refractivity contribution < 1.29 is 14.3 Å². The molecule has 0 saturated carbocycles. The van der Waals surface area contributed by atoms with Gasteiger partial charge in [-0.05, 0) is 50.8 Å². The molecular formula is C21H30N2O3. The summed E-state index contributed by atoms with van der Waals surface area (Å²) in [6, 6.07) is 10.1. The topological polar surface area (TPSA) is 42.0 Å². The maximum Gasteiger partial charge on any atom is 0.244 e. The van der Waals surface area contributed by atoms with Crippen molar-refractivity contribution in [3.8, 4) is 0 Å². The van der Waals surface area contributed by atoms with Crippen LogP contribution in [-0.4, -0.2) is 61.4 Å². The van der Waals surface area contributed by atoms with Gasteiger partial charge in [-0.3, -0.25) is 9.69 Å². The van der Waals surface area contributed by atoms with Crippen LogP contribution in [0, 0.1) is 5.92 Å². The molecule has 1 unspecified atom stereocenters. The molecule has 1 aromatic carbocycles. The molecule has 5 nitrogen and oxygen atoms in total. The summed E-state index contributed by atoms with van der Waals surface area (Å²) < 4.78 is 11.4. The van der Waals surface area contributed by atoms with Gasteiger partial charge in [0, 0.05) is 19.0 Å². The third-order valence-electron chi connectivity index (χ3n) is 5.99. The van der Waals surface area contributed by atoms with E-state index in [1.165, 1.54) is 6.42 Å². The van der Waals surface area contributed by atoms with Crippen molar-refractivity contribution in [2.45, 2.75) is 44.4 Å². The van der Waals surface area contributed by atoms with Crippen LogP contribution in [0.25, 0.3) is 0 Å². The zero-order valence-corrected chi connectivity index (χ0v) is 15.5. The molecule has 3 saturated heterocycles. The summed E-state index contributed by atoms with van der Waals surface area (Å²) in [5.74, 6) is 0.734. The van der Waals surface area contributed by atoms with E-state index in [1.807, 2.05) is 18.2 Å². The van der Waals surface area contributed by atoms with Gasteiger partial charge in [0.1, 0.15) is 6.04 Å². The normalized spacial score (nSPS) is 24.7. The van der Waals surface area contributed by atoms with E-state index in [-0.39, 0.29) is 18.2 Å². The summed E-state index contributed by atoms with van der Waals surface area (Å²) in [6.45, 7) is 5.08. The van der Waals surface area contributed by atoms with E-state index in [2.05, 4.69) is 21.9 Å². The van der Waals surface area contributed by atoms with Crippen LogP contribution in [-0.2, 0) is 14.3 Å². The molecule has 3 aliphatic heterocycles. The molecule has 0 aromatic heterocycles. The minimum atomic E-state index is -0.152. The largest absolute Gasteiger partial charge is 0.350 e. The maximum absolute atomic E-state index is 13.4. The van der Waals surface area contributed by atoms with E-state index in [4.69, 9.17) is 9.47 Å². The Morgan fingerprint density at radius 2 is 1.58 bits per heavy atom. The van der Waals surface area contributed by atoms with Gasteiger partial charge in [-0.1, -0.05) is 30.3 Å². The summed E-state index contributed by atoms with van der Waals surface area (Å²) >= 11 is 0. The Bertz CT molecular complexity index is 574. The van der Waals surface area contributed by atoms with Crippen molar-refractivity contribution in [1.82, 2.24) is 9.80 Å². The summed E-state index contributed by atoms with van der Waals surface area (Å²) in [5, 5.41) is 0. The summed E-state index contributed by atoms with van der Waals surface area (Å²) in [6.07, 6.45) is 5.53. The molecule has 0 radical (unpaired) electrons. The van der Waals surface area contributed by atoms with Gasteiger partial charge in [-0.2, -0.15) is 0 Å². The highest BCUT2D eigenvalue weighted by Gasteiger charge is 2.37. The molecule has 142 valence electrons. The number of amides is 1. The Morgan fingerprint density at radius 3 is 2.23 bits per heavy atom. The fourth-order valence-corrected chi connectivity index (χ4v) is 4.53. The number of carbonyl (C=O) groups is 1. The van der Waals surface area contributed by atoms with E-state index in [0.717, 1.165) is 57.4 Å². The Kier molecular flexibility index (Phi) is 5.88. The average Bonchev–Trinajstić information content (AvgIpc) is 3.25. The van der Waals surface area contributed by atoms with Crippen molar-refractivity contribution in [2.75, 3.05) is 39.4 Å². The molecule has 26 heavy (non-hydrogen) atoms. The van der Waals surface area contributed by atoms with Gasteiger partial charge in [0.2, 0.25) is 5.91 Å². The van der Waals surface area contributed by atoms with Crippen LogP contribution in [0.15, 0.2) is 30.3 Å². The second-order valence-electron chi connectivity index (χ2n) is 7.68. The minimum absolute atomic E-state index is 0.0369. The first kappa shape index (κ1) is 18.0. The molecule has 1 atom stereocenters. The molecule has 4 rings (SSSR count). The zero-order valence-electron chi connectivity index (χ0n) is 15.5. The van der Waals surface area contributed by atoms with Crippen LogP contribution >= 0.6 is 0 Å². The van der Waals surface area contributed by atoms with E-state index in [0.29, 0.717) is 19.1 Å². The van der Waals surface area contributed by atoms with E-state index >= 15 is 0 Å². The molecule has 0 N–H and O–H groups in total. The first-order valence-electron chi connectivity index (χ1n) is 10.1. The fraction of sp³-hybridized carbons (Fsp3) is 0.667. The summed E-state index contributed by atoms with van der Waals surface area (Å²) in [4.78, 5) is 17.8. The SMILES string of the molecule is O=C(C(c1ccccc1)N1CCC(C2OCCO2)CC1)N1CCCCC1. The first-order valence-corrected chi connectivity index (χ1v) is 10.1. The zero-order chi connectivity index (χ0) is 17.8. The molecule has 5 heteroatoms. The summed E-state index contributed by atoms with van der Waals surface area (Å²) in [5.41, 5.74) is 1.12. The quantitative estimate of drug-likeness (QED) is 0.830. The number of ether oxygens (including phenoxy) is 2. The second kappa shape index (κ2) is 8.51. The maximum atomic E-state index is 13.4. The van der Waals surface area contributed by atoms with Gasteiger partial charge >= 0.3 is 0 Å². The van der Waals surface area contributed by atoms with Gasteiger partial charge in [-0.25, -0.2) is 0 Å². The monoisotopic (exact) mass is 358 g/mol. The lowest BCUT2D eigenvalue weighted by molar-refractivity contribution is -0.140. The Labute approximate surface area is 156 Å². The van der Waals surface area contributed by atoms with Gasteiger partial charge in [0.05, 0.1) is 13.2 Å². The van der Waals surface area contributed by atoms with Crippen LogP contribution in [0.2, 0.25) is 0 Å². The molecule has 3 fully saturated rings. The lowest BCUT2D eigenvalue weighted by Gasteiger charge is -2.40. The molecule has 3 heterocycles. The number of hydrogen-bond donors (Lipinski definition) is 0. The molecule has 1 aromatic rings. The Balaban J connectivity index is 1.47. The van der Waals surface area contributed by atoms with Crippen molar-refractivity contribution in [2.24, 2.45) is 5.92 Å². The molecule has 0 spiro atoms. The molecule has 3 aliphatic rings. The number of carbonyl (C=O) groups excluding carboxylic acids is 1. The van der Waals surface area contributed by atoms with E-state index in [9.17, 15) is 4.79 Å². The van der Waals surface area contributed by atoms with Crippen LogP contribution in [0.3, 0.4) is 0 Å². The van der Waals surface area contributed by atoms with Crippen LogP contribution in [0.1, 0.15) is 43.7 Å². The molecule has 0 aliphatic carbocycles. The lowest BCUT2D eigenvalue weighted by Crippen LogP contribution is -2.48. The first-order chi connectivity index (χ1) is 12.8. The number of benzene rings is 1. The number of likely N-dealkylation sites (tertiary alicyclic amines) is 2. The number of hydrogen-bond acceptors (Lipinski definition) is 4. The van der Waals surface area contributed by atoms with Crippen molar-refractivity contribution in [1.29, 1.82) is 0 Å². The smallest absolute Gasteiger partial charge is 0.244 e. The summed E-state index contributed by atoms with van der Waals surface area (Å²) in [7, 11) is 0. The van der Waals surface area contributed by atoms with Gasteiger partial charge in [-0.15, -0.1) is 0 Å². The lowest BCUT2D eigenvalue weighted by atomic mass is 9.93. The van der Waals surface area contributed by atoms with Crippen LogP contribution in [0.5, 0.6) is 0 Å². The van der Waals surface area contributed by atoms with Crippen molar-refractivity contribution in [3.63, 3.8) is 0 Å². The van der Waals surface area contributed by atoms with Crippen molar-refractivity contribution in [3.05, 3.63) is 35.9 Å². The predicted molar refractivity (Wildman–Crippen MR) is 99.6 cm³/mol. The number of piperidine rings is 2. The average molecular weight is 358 g/mol. The van der Waals surface area contributed by atoms with Crippen LogP contribution < -0.4 is 0 Å². The second-order valence-corrected chi connectivity index (χ2v) is 7.68. The Morgan fingerprint density at radius 1 is 0.923 bits per heavy atom. The van der Waals surface area contributed by atoms with Crippen molar-refractivity contribution >= 4 is 5.91 Å². The minimum Gasteiger partial charge on any atom is -0.350 e. The Hall–Kier alpha value is -1.43. The molecule has 1 amide bonds. The fourth-order valence-electron chi connectivity index (χ4n) is 4.53. The standard InChI is InChI=1S/C21H30N2O3/c24-20(23-11-5-2-6-12-23)19(17-7-3-1-4-8-17)22-13-9-18(10-14-22)21-25-15-16-26-21/h1,3-4,7-8,18-19,21H,2,5-6,9-16H2.